The van der Waals surface area contributed by atoms with Gasteiger partial charge in [-0.2, -0.15) is 5.10 Å². The van der Waals surface area contributed by atoms with Crippen molar-refractivity contribution in [3.05, 3.63) is 59.0 Å². The minimum absolute atomic E-state index is 0.169. The highest BCUT2D eigenvalue weighted by Gasteiger charge is 2.16. The quantitative estimate of drug-likeness (QED) is 0.720. The van der Waals surface area contributed by atoms with E-state index in [0.717, 1.165) is 10.4 Å². The van der Waals surface area contributed by atoms with E-state index in [1.165, 1.54) is 23.9 Å². The summed E-state index contributed by atoms with van der Waals surface area (Å²) in [6.07, 6.45) is 3.66. The molecule has 0 fully saturated rings. The molecule has 0 saturated heterocycles. The molecule has 0 aliphatic carbocycles. The maximum absolute atomic E-state index is 14.2. The number of H-pyrrole nitrogens is 1. The molecular weight excluding hydrogens is 303 g/mol. The molecule has 3 rings (SSSR count). The van der Waals surface area contributed by atoms with Crippen LogP contribution in [0.1, 0.15) is 21.5 Å². The van der Waals surface area contributed by atoms with Crippen molar-refractivity contribution in [2.24, 2.45) is 0 Å². The number of fused-ring (bicyclic) bond motifs is 1. The van der Waals surface area contributed by atoms with Crippen molar-refractivity contribution in [2.45, 2.75) is 11.3 Å². The number of hydrogen-bond donors (Lipinski definition) is 2. The molecule has 1 aromatic heterocycles. The molecule has 0 bridgehead atoms. The lowest BCUT2D eigenvalue weighted by molar-refractivity contribution is 0.0696. The van der Waals surface area contributed by atoms with Crippen molar-refractivity contribution in [3.63, 3.8) is 0 Å². The number of carboxylic acids is 1. The predicted octanol–water partition coefficient (Wildman–Crippen LogP) is 3.71. The van der Waals surface area contributed by atoms with Crippen molar-refractivity contribution in [1.82, 2.24) is 10.2 Å². The highest BCUT2D eigenvalue weighted by molar-refractivity contribution is 7.98. The molecule has 1 heterocycles. The number of halogens is 1. The van der Waals surface area contributed by atoms with Crippen LogP contribution in [-0.2, 0) is 6.42 Å². The van der Waals surface area contributed by atoms with Crippen LogP contribution in [0.5, 0.6) is 0 Å². The molecular formula is C16H13FN2O2S. The van der Waals surface area contributed by atoms with Gasteiger partial charge in [0.25, 0.3) is 0 Å². The molecule has 0 aliphatic heterocycles. The van der Waals surface area contributed by atoms with Gasteiger partial charge in [0.1, 0.15) is 5.82 Å². The van der Waals surface area contributed by atoms with E-state index in [1.807, 2.05) is 12.3 Å². The molecule has 0 aliphatic rings. The van der Waals surface area contributed by atoms with Crippen LogP contribution in [-0.4, -0.2) is 27.5 Å². The second kappa shape index (κ2) is 5.81. The van der Waals surface area contributed by atoms with E-state index in [-0.39, 0.29) is 17.8 Å². The first kappa shape index (κ1) is 14.6. The van der Waals surface area contributed by atoms with Gasteiger partial charge < -0.3 is 5.11 Å². The van der Waals surface area contributed by atoms with Crippen molar-refractivity contribution >= 4 is 28.6 Å². The zero-order chi connectivity index (χ0) is 15.7. The average molecular weight is 316 g/mol. The molecule has 0 unspecified atom stereocenters. The Morgan fingerprint density at radius 2 is 2.18 bits per heavy atom. The second-order valence-corrected chi connectivity index (χ2v) is 5.74. The van der Waals surface area contributed by atoms with E-state index in [1.54, 1.807) is 18.3 Å². The Hall–Kier alpha value is -2.34. The molecule has 0 saturated carbocycles. The Morgan fingerprint density at radius 1 is 1.36 bits per heavy atom. The van der Waals surface area contributed by atoms with Crippen LogP contribution in [0, 0.1) is 5.82 Å². The van der Waals surface area contributed by atoms with E-state index in [4.69, 9.17) is 0 Å². The van der Waals surface area contributed by atoms with Crippen molar-refractivity contribution in [1.29, 1.82) is 0 Å². The number of nitrogens with one attached hydrogen (secondary N) is 1. The lowest BCUT2D eigenvalue weighted by Crippen LogP contribution is -2.04. The monoisotopic (exact) mass is 316 g/mol. The summed E-state index contributed by atoms with van der Waals surface area (Å²) in [5.74, 6) is -1.36. The maximum atomic E-state index is 14.2. The minimum atomic E-state index is -1.03. The molecule has 0 atom stereocenters. The van der Waals surface area contributed by atoms with Gasteiger partial charge in [-0.15, -0.1) is 11.8 Å². The number of hydrogen-bond acceptors (Lipinski definition) is 3. The van der Waals surface area contributed by atoms with Gasteiger partial charge >= 0.3 is 5.97 Å². The Labute approximate surface area is 130 Å². The third-order valence-electron chi connectivity index (χ3n) is 3.59. The number of carbonyl (C=O) groups is 1. The standard InChI is InChI=1S/C16H13FN2O2S/c1-22-10-3-2-9(14(17)7-10)6-12-11(16(20)21)4-5-15-13(12)8-18-19-15/h2-5,7-8H,6H2,1H3,(H,18,19)(H,20,21). The second-order valence-electron chi connectivity index (χ2n) is 4.86. The summed E-state index contributed by atoms with van der Waals surface area (Å²) in [5, 5.41) is 16.8. The molecule has 4 nitrogen and oxygen atoms in total. The Balaban J connectivity index is 2.11. The smallest absolute Gasteiger partial charge is 0.335 e. The fourth-order valence-electron chi connectivity index (χ4n) is 2.46. The van der Waals surface area contributed by atoms with Gasteiger partial charge in [-0.3, -0.25) is 5.10 Å². The van der Waals surface area contributed by atoms with Crippen LogP contribution in [0.25, 0.3) is 10.9 Å². The fourth-order valence-corrected chi connectivity index (χ4v) is 2.88. The molecule has 3 aromatic rings. The molecule has 0 spiro atoms. The lowest BCUT2D eigenvalue weighted by Gasteiger charge is -2.09. The number of thioether (sulfide) groups is 1. The summed E-state index contributed by atoms with van der Waals surface area (Å²) in [6.45, 7) is 0. The largest absolute Gasteiger partial charge is 0.478 e. The van der Waals surface area contributed by atoms with Gasteiger partial charge in [0.2, 0.25) is 0 Å². The third-order valence-corrected chi connectivity index (χ3v) is 4.32. The van der Waals surface area contributed by atoms with Crippen LogP contribution in [0.3, 0.4) is 0 Å². The van der Waals surface area contributed by atoms with Crippen molar-refractivity contribution in [3.8, 4) is 0 Å². The van der Waals surface area contributed by atoms with Gasteiger partial charge in [0.05, 0.1) is 17.3 Å². The number of carboxylic acid groups (broad SMARTS) is 1. The van der Waals surface area contributed by atoms with Gasteiger partial charge in [-0.25, -0.2) is 9.18 Å². The first-order chi connectivity index (χ1) is 10.6. The number of benzene rings is 2. The number of rotatable bonds is 4. The maximum Gasteiger partial charge on any atom is 0.335 e. The summed E-state index contributed by atoms with van der Waals surface area (Å²) in [7, 11) is 0. The SMILES string of the molecule is CSc1ccc(Cc2c(C(=O)O)ccc3[nH]ncc23)c(F)c1. The first-order valence-corrected chi connectivity index (χ1v) is 7.83. The number of aromatic amines is 1. The van der Waals surface area contributed by atoms with E-state index in [9.17, 15) is 14.3 Å². The number of aromatic nitrogens is 2. The van der Waals surface area contributed by atoms with E-state index in [2.05, 4.69) is 10.2 Å². The van der Waals surface area contributed by atoms with Crippen molar-refractivity contribution < 1.29 is 14.3 Å². The van der Waals surface area contributed by atoms with E-state index < -0.39 is 5.97 Å². The number of aromatic carboxylic acids is 1. The Morgan fingerprint density at radius 3 is 2.86 bits per heavy atom. The predicted molar refractivity (Wildman–Crippen MR) is 84.0 cm³/mol. The van der Waals surface area contributed by atoms with Crippen LogP contribution < -0.4 is 0 Å². The lowest BCUT2D eigenvalue weighted by atomic mass is 9.96. The molecule has 2 aromatic carbocycles. The van der Waals surface area contributed by atoms with Crippen LogP contribution in [0.4, 0.5) is 4.39 Å². The molecule has 22 heavy (non-hydrogen) atoms. The summed E-state index contributed by atoms with van der Waals surface area (Å²) in [6, 6.07) is 8.19. The third kappa shape index (κ3) is 2.57. The average Bonchev–Trinajstić information content (AvgIpc) is 2.98. The fraction of sp³-hybridized carbons (Fsp3) is 0.125. The van der Waals surface area contributed by atoms with Gasteiger partial charge in [-0.1, -0.05) is 6.07 Å². The molecule has 112 valence electrons. The van der Waals surface area contributed by atoms with E-state index in [0.29, 0.717) is 16.5 Å². The summed E-state index contributed by atoms with van der Waals surface area (Å²) in [5.41, 5.74) is 1.94. The normalized spacial score (nSPS) is 11.0. The molecule has 2 N–H and O–H groups in total. The Bertz CT molecular complexity index is 860. The highest BCUT2D eigenvalue weighted by Crippen LogP contribution is 2.26. The summed E-state index contributed by atoms with van der Waals surface area (Å²) < 4.78 is 14.2. The molecule has 0 amide bonds. The van der Waals surface area contributed by atoms with E-state index >= 15 is 0 Å². The topological polar surface area (TPSA) is 66.0 Å². The zero-order valence-electron chi connectivity index (χ0n) is 11.8. The van der Waals surface area contributed by atoms with Gasteiger partial charge in [0.15, 0.2) is 0 Å². The number of nitrogens with zero attached hydrogens (tertiary/aromatic N) is 1. The van der Waals surface area contributed by atoms with Crippen LogP contribution >= 0.6 is 11.8 Å². The van der Waals surface area contributed by atoms with Crippen molar-refractivity contribution in [2.75, 3.05) is 6.26 Å². The Kier molecular flexibility index (Phi) is 3.85. The van der Waals surface area contributed by atoms with Crippen LogP contribution in [0.15, 0.2) is 41.4 Å². The summed E-state index contributed by atoms with van der Waals surface area (Å²) >= 11 is 1.46. The van der Waals surface area contributed by atoms with Gasteiger partial charge in [0, 0.05) is 16.7 Å². The molecule has 0 radical (unpaired) electrons. The highest BCUT2D eigenvalue weighted by atomic mass is 32.2. The minimum Gasteiger partial charge on any atom is -0.478 e. The molecule has 6 heteroatoms. The summed E-state index contributed by atoms with van der Waals surface area (Å²) in [4.78, 5) is 12.3. The first-order valence-electron chi connectivity index (χ1n) is 6.61. The van der Waals surface area contributed by atoms with Crippen LogP contribution in [0.2, 0.25) is 0 Å². The zero-order valence-corrected chi connectivity index (χ0v) is 12.6. The van der Waals surface area contributed by atoms with Gasteiger partial charge in [-0.05, 0) is 41.6 Å².